The first kappa shape index (κ1) is 25.9. The molecule has 1 aliphatic rings. The number of carbonyl (C=O) groups is 2. The van der Waals surface area contributed by atoms with Crippen LogP contribution < -0.4 is 15.0 Å². The topological polar surface area (TPSA) is 125 Å². The van der Waals surface area contributed by atoms with Crippen molar-refractivity contribution in [1.29, 1.82) is 0 Å². The SMILES string of the molecule is CC(C)Oc1ccc(N2C(=S)N[C@H](c3ccccn3)[C@@H]2c2ccc(-c3cc(C(=O)O)cc(C(=O)O)c3)o2)cc1. The van der Waals surface area contributed by atoms with E-state index in [0.29, 0.717) is 22.2 Å². The number of carboxylic acid groups (broad SMARTS) is 2. The Morgan fingerprint density at radius 2 is 1.69 bits per heavy atom. The summed E-state index contributed by atoms with van der Waals surface area (Å²) in [6.45, 7) is 3.92. The smallest absolute Gasteiger partial charge is 0.335 e. The Balaban J connectivity index is 1.57. The Hall–Kier alpha value is -4.70. The van der Waals surface area contributed by atoms with Crippen molar-refractivity contribution in [3.63, 3.8) is 0 Å². The van der Waals surface area contributed by atoms with E-state index >= 15 is 0 Å². The standard InChI is InChI=1S/C29H25N3O6S/c1-16(2)37-21-8-6-20(7-9-21)32-26(25(31-29(32)39)22-5-3-4-12-30-22)24-11-10-23(38-24)17-13-18(27(33)34)15-19(14-17)28(35)36/h3-16,25-26H,1-2H3,(H,31,39)(H,33,34)(H,35,36)/t25-,26+/m1/s1. The number of nitrogens with zero attached hydrogens (tertiary/aromatic N) is 2. The van der Waals surface area contributed by atoms with Gasteiger partial charge in [0.2, 0.25) is 0 Å². The summed E-state index contributed by atoms with van der Waals surface area (Å²) < 4.78 is 12.1. The molecule has 0 saturated carbocycles. The third-order valence-corrected chi connectivity index (χ3v) is 6.53. The summed E-state index contributed by atoms with van der Waals surface area (Å²) in [6, 6.07) is 19.8. The van der Waals surface area contributed by atoms with E-state index < -0.39 is 18.0 Å². The number of ether oxygens (including phenoxy) is 1. The van der Waals surface area contributed by atoms with Gasteiger partial charge in [-0.2, -0.15) is 0 Å². The Bertz CT molecular complexity index is 1500. The van der Waals surface area contributed by atoms with Gasteiger partial charge >= 0.3 is 11.9 Å². The molecule has 9 nitrogen and oxygen atoms in total. The molecule has 1 aliphatic heterocycles. The molecule has 1 saturated heterocycles. The average Bonchev–Trinajstić information content (AvgIpc) is 3.54. The van der Waals surface area contributed by atoms with Crippen LogP contribution in [-0.2, 0) is 0 Å². The van der Waals surface area contributed by atoms with E-state index in [-0.39, 0.29) is 23.3 Å². The van der Waals surface area contributed by atoms with Gasteiger partial charge in [-0.25, -0.2) is 9.59 Å². The lowest BCUT2D eigenvalue weighted by Crippen LogP contribution is -2.29. The molecule has 2 aromatic heterocycles. The molecule has 198 valence electrons. The predicted octanol–water partition coefficient (Wildman–Crippen LogP) is 5.70. The Morgan fingerprint density at radius 3 is 2.28 bits per heavy atom. The van der Waals surface area contributed by atoms with Crippen molar-refractivity contribution in [2.75, 3.05) is 4.90 Å². The summed E-state index contributed by atoms with van der Waals surface area (Å²) in [6.07, 6.45) is 1.74. The molecule has 10 heteroatoms. The van der Waals surface area contributed by atoms with Crippen LogP contribution in [0.5, 0.6) is 5.75 Å². The van der Waals surface area contributed by atoms with Crippen LogP contribution >= 0.6 is 12.2 Å². The fraction of sp³-hybridized carbons (Fsp3) is 0.172. The minimum Gasteiger partial charge on any atom is -0.491 e. The van der Waals surface area contributed by atoms with Crippen LogP contribution in [-0.4, -0.2) is 38.4 Å². The molecule has 0 amide bonds. The first-order chi connectivity index (χ1) is 18.7. The Kier molecular flexibility index (Phi) is 7.03. The summed E-state index contributed by atoms with van der Waals surface area (Å²) in [4.78, 5) is 29.7. The van der Waals surface area contributed by atoms with Gasteiger partial charge < -0.3 is 29.6 Å². The number of aromatic nitrogens is 1. The number of hydrogen-bond acceptors (Lipinski definition) is 6. The number of aromatic carboxylic acids is 2. The van der Waals surface area contributed by atoms with Gasteiger partial charge in [-0.3, -0.25) is 4.98 Å². The molecule has 0 bridgehead atoms. The van der Waals surface area contributed by atoms with E-state index in [1.54, 1.807) is 18.3 Å². The minimum atomic E-state index is -1.23. The van der Waals surface area contributed by atoms with Crippen molar-refractivity contribution in [2.45, 2.75) is 32.0 Å². The second kappa shape index (κ2) is 10.6. The highest BCUT2D eigenvalue weighted by Crippen LogP contribution is 2.43. The Morgan fingerprint density at radius 1 is 1.00 bits per heavy atom. The van der Waals surface area contributed by atoms with E-state index in [0.717, 1.165) is 23.2 Å². The van der Waals surface area contributed by atoms with Crippen molar-refractivity contribution < 1.29 is 29.0 Å². The average molecular weight is 544 g/mol. The zero-order valence-corrected chi connectivity index (χ0v) is 21.9. The van der Waals surface area contributed by atoms with Gasteiger partial charge in [-0.05, 0) is 92.8 Å². The van der Waals surface area contributed by atoms with Gasteiger partial charge in [-0.15, -0.1) is 0 Å². The lowest BCUT2D eigenvalue weighted by atomic mass is 10.0. The van der Waals surface area contributed by atoms with Crippen molar-refractivity contribution in [3.8, 4) is 17.1 Å². The molecule has 5 rings (SSSR count). The molecule has 0 radical (unpaired) electrons. The lowest BCUT2D eigenvalue weighted by Gasteiger charge is -2.26. The molecule has 1 fully saturated rings. The highest BCUT2D eigenvalue weighted by molar-refractivity contribution is 7.80. The predicted molar refractivity (Wildman–Crippen MR) is 148 cm³/mol. The highest BCUT2D eigenvalue weighted by Gasteiger charge is 2.42. The van der Waals surface area contributed by atoms with Gasteiger partial charge in [0.1, 0.15) is 23.3 Å². The van der Waals surface area contributed by atoms with Crippen LogP contribution in [0.15, 0.2) is 83.4 Å². The summed E-state index contributed by atoms with van der Waals surface area (Å²) in [7, 11) is 0. The molecule has 3 heterocycles. The molecular formula is C29H25N3O6S. The van der Waals surface area contributed by atoms with Gasteiger partial charge in [0.25, 0.3) is 0 Å². The largest absolute Gasteiger partial charge is 0.491 e. The number of pyridine rings is 1. The second-order valence-corrected chi connectivity index (χ2v) is 9.66. The molecule has 2 aromatic carbocycles. The van der Waals surface area contributed by atoms with Crippen LogP contribution in [0, 0.1) is 0 Å². The first-order valence-corrected chi connectivity index (χ1v) is 12.6. The van der Waals surface area contributed by atoms with Gasteiger partial charge in [0, 0.05) is 17.4 Å². The number of furan rings is 1. The van der Waals surface area contributed by atoms with Crippen LogP contribution in [0.1, 0.15) is 58.1 Å². The number of anilines is 1. The number of nitrogens with one attached hydrogen (secondary N) is 1. The third-order valence-electron chi connectivity index (χ3n) is 6.21. The van der Waals surface area contributed by atoms with Gasteiger partial charge in [-0.1, -0.05) is 6.07 Å². The highest BCUT2D eigenvalue weighted by atomic mass is 32.1. The number of benzene rings is 2. The maximum Gasteiger partial charge on any atom is 0.335 e. The van der Waals surface area contributed by atoms with E-state index in [1.807, 2.05) is 61.2 Å². The third kappa shape index (κ3) is 5.32. The number of hydrogen-bond donors (Lipinski definition) is 3. The van der Waals surface area contributed by atoms with Crippen molar-refractivity contribution >= 4 is 35.0 Å². The zero-order valence-electron chi connectivity index (χ0n) is 21.1. The van der Waals surface area contributed by atoms with E-state index in [4.69, 9.17) is 21.4 Å². The number of rotatable bonds is 8. The summed E-state index contributed by atoms with van der Waals surface area (Å²) in [5.41, 5.74) is 1.60. The van der Waals surface area contributed by atoms with Crippen molar-refractivity contribution in [2.24, 2.45) is 0 Å². The maximum absolute atomic E-state index is 11.6. The van der Waals surface area contributed by atoms with E-state index in [1.165, 1.54) is 12.1 Å². The maximum atomic E-state index is 11.6. The molecule has 3 N–H and O–H groups in total. The number of carboxylic acids is 2. The molecule has 0 aliphatic carbocycles. The fourth-order valence-electron chi connectivity index (χ4n) is 4.56. The zero-order chi connectivity index (χ0) is 27.7. The van der Waals surface area contributed by atoms with E-state index in [2.05, 4.69) is 10.3 Å². The fourth-order valence-corrected chi connectivity index (χ4v) is 4.91. The molecule has 39 heavy (non-hydrogen) atoms. The minimum absolute atomic E-state index is 0.0366. The Labute approximate surface area is 229 Å². The van der Waals surface area contributed by atoms with Crippen LogP contribution in [0.25, 0.3) is 11.3 Å². The van der Waals surface area contributed by atoms with Crippen LogP contribution in [0.4, 0.5) is 5.69 Å². The molecule has 4 aromatic rings. The number of thiocarbonyl (C=S) groups is 1. The van der Waals surface area contributed by atoms with Crippen LogP contribution in [0.3, 0.4) is 0 Å². The van der Waals surface area contributed by atoms with Gasteiger partial charge in [0.05, 0.1) is 29.0 Å². The summed E-state index contributed by atoms with van der Waals surface area (Å²) in [5, 5.41) is 22.8. The first-order valence-electron chi connectivity index (χ1n) is 12.2. The molecule has 0 unspecified atom stereocenters. The monoisotopic (exact) mass is 543 g/mol. The van der Waals surface area contributed by atoms with E-state index in [9.17, 15) is 19.8 Å². The molecular weight excluding hydrogens is 518 g/mol. The normalized spacial score (nSPS) is 16.8. The van der Waals surface area contributed by atoms with Crippen LogP contribution in [0.2, 0.25) is 0 Å². The molecule has 0 spiro atoms. The lowest BCUT2D eigenvalue weighted by molar-refractivity contribution is 0.0696. The summed E-state index contributed by atoms with van der Waals surface area (Å²) >= 11 is 5.75. The van der Waals surface area contributed by atoms with Crippen molar-refractivity contribution in [1.82, 2.24) is 10.3 Å². The summed E-state index contributed by atoms with van der Waals surface area (Å²) in [5.74, 6) is -0.870. The van der Waals surface area contributed by atoms with Crippen molar-refractivity contribution in [3.05, 3.63) is 102 Å². The molecule has 2 atom stereocenters. The van der Waals surface area contributed by atoms with Gasteiger partial charge in [0.15, 0.2) is 5.11 Å². The quantitative estimate of drug-likeness (QED) is 0.238. The second-order valence-electron chi connectivity index (χ2n) is 9.27.